The number of aryl methyl sites for hydroxylation is 1. The van der Waals surface area contributed by atoms with Crippen molar-refractivity contribution in [1.29, 1.82) is 0 Å². The van der Waals surface area contributed by atoms with Crippen molar-refractivity contribution in [2.24, 2.45) is 0 Å². The van der Waals surface area contributed by atoms with Crippen LogP contribution >= 0.6 is 15.9 Å². The Kier molecular flexibility index (Phi) is 3.05. The Morgan fingerprint density at radius 3 is 2.75 bits per heavy atom. The van der Waals surface area contributed by atoms with E-state index in [0.29, 0.717) is 11.6 Å². The van der Waals surface area contributed by atoms with Crippen LogP contribution in [-0.2, 0) is 0 Å². The number of nitrogens with one attached hydrogen (secondary N) is 1. The van der Waals surface area contributed by atoms with Crippen molar-refractivity contribution in [3.63, 3.8) is 0 Å². The maximum Gasteiger partial charge on any atom is 0.173 e. The quantitative estimate of drug-likeness (QED) is 0.887. The Morgan fingerprint density at radius 2 is 2.00 bits per heavy atom. The van der Waals surface area contributed by atoms with Crippen LogP contribution in [-0.4, -0.2) is 9.97 Å². The van der Waals surface area contributed by atoms with E-state index in [-0.39, 0.29) is 0 Å². The van der Waals surface area contributed by atoms with Crippen molar-refractivity contribution in [1.82, 2.24) is 9.97 Å². The van der Waals surface area contributed by atoms with Crippen LogP contribution in [0.5, 0.6) is 0 Å². The fourth-order valence-corrected chi connectivity index (χ4v) is 1.68. The number of hydrogen-bond acceptors (Lipinski definition) is 4. The molecule has 0 bridgehead atoms. The maximum atomic E-state index is 5.71. The number of halogens is 1. The van der Waals surface area contributed by atoms with E-state index in [1.165, 1.54) is 0 Å². The molecule has 0 aliphatic rings. The molecular weight excluding hydrogens is 268 g/mol. The van der Waals surface area contributed by atoms with E-state index >= 15 is 0 Å². The second kappa shape index (κ2) is 4.49. The molecule has 2 rings (SSSR count). The number of anilines is 3. The second-order valence-corrected chi connectivity index (χ2v) is 4.14. The molecule has 1 aromatic carbocycles. The van der Waals surface area contributed by atoms with Gasteiger partial charge in [-0.2, -0.15) is 0 Å². The third-order valence-electron chi connectivity index (χ3n) is 2.17. The number of nitrogens with zero attached hydrogens (tertiary/aromatic N) is 2. The van der Waals surface area contributed by atoms with Gasteiger partial charge in [-0.25, -0.2) is 9.97 Å². The SMILES string of the molecule is Cc1cccc(Nc2nccnc2N)c1Br. The highest BCUT2D eigenvalue weighted by molar-refractivity contribution is 9.10. The van der Waals surface area contributed by atoms with Crippen LogP contribution in [0.2, 0.25) is 0 Å². The number of nitrogen functional groups attached to an aromatic ring is 1. The van der Waals surface area contributed by atoms with E-state index < -0.39 is 0 Å². The Balaban J connectivity index is 2.35. The lowest BCUT2D eigenvalue weighted by atomic mass is 10.2. The van der Waals surface area contributed by atoms with Gasteiger partial charge in [0.25, 0.3) is 0 Å². The Morgan fingerprint density at radius 1 is 1.25 bits per heavy atom. The van der Waals surface area contributed by atoms with Gasteiger partial charge in [0.2, 0.25) is 0 Å². The van der Waals surface area contributed by atoms with Crippen LogP contribution in [0.3, 0.4) is 0 Å². The average Bonchev–Trinajstić information content (AvgIpc) is 2.28. The molecular formula is C11H11BrN4. The van der Waals surface area contributed by atoms with Gasteiger partial charge in [0, 0.05) is 16.9 Å². The van der Waals surface area contributed by atoms with Gasteiger partial charge in [0.15, 0.2) is 11.6 Å². The van der Waals surface area contributed by atoms with Crippen molar-refractivity contribution in [2.45, 2.75) is 6.92 Å². The summed E-state index contributed by atoms with van der Waals surface area (Å²) in [7, 11) is 0. The van der Waals surface area contributed by atoms with Gasteiger partial charge < -0.3 is 11.1 Å². The standard InChI is InChI=1S/C11H11BrN4/c1-7-3-2-4-8(9(7)12)16-11-10(13)14-5-6-15-11/h2-6H,1H3,(H2,13,14)(H,15,16). The molecule has 0 saturated heterocycles. The largest absolute Gasteiger partial charge is 0.381 e. The molecule has 4 nitrogen and oxygen atoms in total. The van der Waals surface area contributed by atoms with Crippen LogP contribution in [0.4, 0.5) is 17.3 Å². The molecule has 0 amide bonds. The van der Waals surface area contributed by atoms with E-state index in [0.717, 1.165) is 15.7 Å². The van der Waals surface area contributed by atoms with Crippen molar-refractivity contribution in [3.8, 4) is 0 Å². The average molecular weight is 279 g/mol. The highest BCUT2D eigenvalue weighted by Gasteiger charge is 2.05. The topological polar surface area (TPSA) is 63.8 Å². The second-order valence-electron chi connectivity index (χ2n) is 3.35. The summed E-state index contributed by atoms with van der Waals surface area (Å²) in [5, 5.41) is 3.14. The van der Waals surface area contributed by atoms with Crippen molar-refractivity contribution < 1.29 is 0 Å². The van der Waals surface area contributed by atoms with Gasteiger partial charge in [0.1, 0.15) is 0 Å². The van der Waals surface area contributed by atoms with Gasteiger partial charge in [-0.3, -0.25) is 0 Å². The van der Waals surface area contributed by atoms with Crippen molar-refractivity contribution in [2.75, 3.05) is 11.1 Å². The lowest BCUT2D eigenvalue weighted by molar-refractivity contribution is 1.20. The molecule has 0 saturated carbocycles. The first kappa shape index (κ1) is 10.9. The summed E-state index contributed by atoms with van der Waals surface area (Å²) in [6.07, 6.45) is 3.16. The highest BCUT2D eigenvalue weighted by Crippen LogP contribution is 2.28. The van der Waals surface area contributed by atoms with Crippen LogP contribution in [0.25, 0.3) is 0 Å². The number of nitrogens with two attached hydrogens (primary N) is 1. The molecule has 0 aliphatic heterocycles. The molecule has 0 atom stereocenters. The lowest BCUT2D eigenvalue weighted by Gasteiger charge is -2.10. The first-order chi connectivity index (χ1) is 7.68. The van der Waals surface area contributed by atoms with Gasteiger partial charge in [0.05, 0.1) is 5.69 Å². The molecule has 0 radical (unpaired) electrons. The smallest absolute Gasteiger partial charge is 0.173 e. The minimum Gasteiger partial charge on any atom is -0.381 e. The zero-order valence-corrected chi connectivity index (χ0v) is 10.3. The third kappa shape index (κ3) is 2.14. The van der Waals surface area contributed by atoms with Crippen molar-refractivity contribution in [3.05, 3.63) is 40.6 Å². The number of hydrogen-bond donors (Lipinski definition) is 2. The fourth-order valence-electron chi connectivity index (χ4n) is 1.32. The van der Waals surface area contributed by atoms with Crippen molar-refractivity contribution >= 4 is 33.3 Å². The molecule has 1 aromatic heterocycles. The summed E-state index contributed by atoms with van der Waals surface area (Å²) in [6, 6.07) is 5.94. The fraction of sp³-hybridized carbons (Fsp3) is 0.0909. The molecule has 82 valence electrons. The van der Waals surface area contributed by atoms with Gasteiger partial charge >= 0.3 is 0 Å². The maximum absolute atomic E-state index is 5.71. The summed E-state index contributed by atoms with van der Waals surface area (Å²) in [4.78, 5) is 8.09. The summed E-state index contributed by atoms with van der Waals surface area (Å²) in [5.41, 5.74) is 7.77. The molecule has 16 heavy (non-hydrogen) atoms. The van der Waals surface area contributed by atoms with E-state index in [2.05, 4.69) is 31.2 Å². The molecule has 5 heteroatoms. The predicted octanol–water partition coefficient (Wildman–Crippen LogP) is 2.87. The Hall–Kier alpha value is -1.62. The summed E-state index contributed by atoms with van der Waals surface area (Å²) >= 11 is 3.51. The first-order valence-electron chi connectivity index (χ1n) is 4.77. The van der Waals surface area contributed by atoms with E-state index in [4.69, 9.17) is 5.73 Å². The molecule has 0 unspecified atom stereocenters. The van der Waals surface area contributed by atoms with Gasteiger partial charge in [-0.1, -0.05) is 12.1 Å². The lowest BCUT2D eigenvalue weighted by Crippen LogP contribution is -2.01. The van der Waals surface area contributed by atoms with Crippen LogP contribution in [0.15, 0.2) is 35.1 Å². The molecule has 0 aliphatic carbocycles. The minimum absolute atomic E-state index is 0.385. The third-order valence-corrected chi connectivity index (χ3v) is 3.22. The number of rotatable bonds is 2. The van der Waals surface area contributed by atoms with Crippen LogP contribution < -0.4 is 11.1 Å². The summed E-state index contributed by atoms with van der Waals surface area (Å²) in [5.74, 6) is 0.949. The number of benzene rings is 1. The minimum atomic E-state index is 0.385. The Bertz CT molecular complexity index is 513. The molecule has 1 heterocycles. The van der Waals surface area contributed by atoms with Gasteiger partial charge in [-0.05, 0) is 34.5 Å². The molecule has 3 N–H and O–H groups in total. The Labute approximate surface area is 102 Å². The number of aromatic nitrogens is 2. The predicted molar refractivity (Wildman–Crippen MR) is 68.6 cm³/mol. The van der Waals surface area contributed by atoms with Crippen LogP contribution in [0, 0.1) is 6.92 Å². The van der Waals surface area contributed by atoms with E-state index in [9.17, 15) is 0 Å². The highest BCUT2D eigenvalue weighted by atomic mass is 79.9. The summed E-state index contributed by atoms with van der Waals surface area (Å²) < 4.78 is 1.00. The molecule has 2 aromatic rings. The normalized spacial score (nSPS) is 10.1. The zero-order valence-electron chi connectivity index (χ0n) is 8.74. The zero-order chi connectivity index (χ0) is 11.5. The van der Waals surface area contributed by atoms with E-state index in [1.807, 2.05) is 25.1 Å². The van der Waals surface area contributed by atoms with E-state index in [1.54, 1.807) is 12.4 Å². The van der Waals surface area contributed by atoms with Crippen LogP contribution in [0.1, 0.15) is 5.56 Å². The monoisotopic (exact) mass is 278 g/mol. The van der Waals surface area contributed by atoms with Gasteiger partial charge in [-0.15, -0.1) is 0 Å². The molecule has 0 spiro atoms. The first-order valence-corrected chi connectivity index (χ1v) is 5.56. The molecule has 0 fully saturated rings. The summed E-state index contributed by atoms with van der Waals surface area (Å²) in [6.45, 7) is 2.02.